The van der Waals surface area contributed by atoms with Crippen molar-refractivity contribution in [3.8, 4) is 0 Å². The fraction of sp³-hybridized carbons (Fsp3) is 0.444. The van der Waals surface area contributed by atoms with Crippen molar-refractivity contribution < 1.29 is 14.0 Å². The monoisotopic (exact) mass is 346 g/mol. The zero-order chi connectivity index (χ0) is 17.8. The van der Waals surface area contributed by atoms with Crippen molar-refractivity contribution in [2.75, 3.05) is 19.6 Å². The van der Waals surface area contributed by atoms with Gasteiger partial charge in [0.2, 0.25) is 5.91 Å². The third-order valence-corrected chi connectivity index (χ3v) is 4.45. The van der Waals surface area contributed by atoms with Gasteiger partial charge in [-0.2, -0.15) is 0 Å². The van der Waals surface area contributed by atoms with E-state index in [2.05, 4.69) is 15.6 Å². The summed E-state index contributed by atoms with van der Waals surface area (Å²) in [5, 5.41) is 6.48. The molecule has 2 aromatic rings. The van der Waals surface area contributed by atoms with Crippen LogP contribution in [0.2, 0.25) is 0 Å². The number of likely N-dealkylation sites (tertiary alicyclic amines) is 1. The fourth-order valence-corrected chi connectivity index (χ4v) is 3.22. The van der Waals surface area contributed by atoms with Gasteiger partial charge < -0.3 is 20.5 Å². The smallest absolute Gasteiger partial charge is 0.315 e. The van der Waals surface area contributed by atoms with E-state index < -0.39 is 0 Å². The Labute approximate surface area is 145 Å². The Bertz CT molecular complexity index is 774. The second-order valence-corrected chi connectivity index (χ2v) is 6.50. The van der Waals surface area contributed by atoms with Crippen LogP contribution in [0.3, 0.4) is 0 Å². The Hall–Kier alpha value is -2.57. The fourth-order valence-electron chi connectivity index (χ4n) is 3.22. The lowest BCUT2D eigenvalue weighted by atomic mass is 10.1. The average molecular weight is 346 g/mol. The van der Waals surface area contributed by atoms with Crippen LogP contribution < -0.4 is 10.6 Å². The van der Waals surface area contributed by atoms with Gasteiger partial charge >= 0.3 is 6.03 Å². The van der Waals surface area contributed by atoms with Gasteiger partial charge in [0.15, 0.2) is 0 Å². The molecule has 2 heterocycles. The number of amides is 3. The molecule has 1 atom stereocenters. The van der Waals surface area contributed by atoms with Crippen LogP contribution in [-0.4, -0.2) is 47.5 Å². The lowest BCUT2D eigenvalue weighted by Gasteiger charge is -2.21. The number of nitrogens with zero attached hydrogens (tertiary/aromatic N) is 1. The number of rotatable bonds is 6. The third-order valence-electron chi connectivity index (χ3n) is 4.45. The number of aromatic nitrogens is 1. The van der Waals surface area contributed by atoms with Crippen molar-refractivity contribution in [2.45, 2.75) is 32.2 Å². The van der Waals surface area contributed by atoms with E-state index in [0.29, 0.717) is 25.9 Å². The highest BCUT2D eigenvalue weighted by Crippen LogP contribution is 2.19. The second kappa shape index (κ2) is 7.55. The highest BCUT2D eigenvalue weighted by Gasteiger charge is 2.22. The molecule has 0 bridgehead atoms. The summed E-state index contributed by atoms with van der Waals surface area (Å²) < 4.78 is 13.4. The van der Waals surface area contributed by atoms with Crippen LogP contribution in [0.1, 0.15) is 25.3 Å². The highest BCUT2D eigenvalue weighted by molar-refractivity contribution is 5.83. The van der Waals surface area contributed by atoms with Crippen LogP contribution >= 0.6 is 0 Å². The standard InChI is InChI=1S/C18H23FN4O2/c1-12(11-23-8-2-3-17(23)24)22-18(25)20-7-6-13-10-21-16-5-4-14(19)9-15(13)16/h4-5,9-10,12,21H,2-3,6-8,11H2,1H3,(H2,20,22,25). The summed E-state index contributed by atoms with van der Waals surface area (Å²) in [7, 11) is 0. The normalized spacial score (nSPS) is 15.6. The maximum Gasteiger partial charge on any atom is 0.315 e. The molecule has 0 aliphatic carbocycles. The first-order chi connectivity index (χ1) is 12.0. The van der Waals surface area contributed by atoms with Crippen LogP contribution in [0, 0.1) is 5.82 Å². The second-order valence-electron chi connectivity index (χ2n) is 6.50. The summed E-state index contributed by atoms with van der Waals surface area (Å²) >= 11 is 0. The Morgan fingerprint density at radius 3 is 3.04 bits per heavy atom. The van der Waals surface area contributed by atoms with E-state index in [1.807, 2.05) is 13.1 Å². The van der Waals surface area contributed by atoms with Gasteiger partial charge in [-0.1, -0.05) is 0 Å². The van der Waals surface area contributed by atoms with E-state index >= 15 is 0 Å². The van der Waals surface area contributed by atoms with Crippen molar-refractivity contribution in [3.63, 3.8) is 0 Å². The minimum atomic E-state index is -0.274. The molecule has 3 N–H and O–H groups in total. The number of carbonyl (C=O) groups excluding carboxylic acids is 2. The number of halogens is 1. The molecule has 0 spiro atoms. The van der Waals surface area contributed by atoms with Gasteiger partial charge in [0.05, 0.1) is 0 Å². The molecular weight excluding hydrogens is 323 g/mol. The molecule has 6 nitrogen and oxygen atoms in total. The molecule has 1 aromatic carbocycles. The summed E-state index contributed by atoms with van der Waals surface area (Å²) in [5.41, 5.74) is 1.84. The zero-order valence-electron chi connectivity index (χ0n) is 14.3. The number of aromatic amines is 1. The summed E-state index contributed by atoms with van der Waals surface area (Å²) in [6.07, 6.45) is 3.94. The maximum atomic E-state index is 13.4. The van der Waals surface area contributed by atoms with E-state index in [1.54, 1.807) is 11.0 Å². The van der Waals surface area contributed by atoms with Crippen LogP contribution in [0.5, 0.6) is 0 Å². The zero-order valence-corrected chi connectivity index (χ0v) is 14.3. The van der Waals surface area contributed by atoms with Gasteiger partial charge in [0, 0.05) is 49.2 Å². The SMILES string of the molecule is CC(CN1CCCC1=O)NC(=O)NCCc1c[nH]c2ccc(F)cc12. The highest BCUT2D eigenvalue weighted by atomic mass is 19.1. The third kappa shape index (κ3) is 4.29. The van der Waals surface area contributed by atoms with Crippen molar-refractivity contribution in [3.05, 3.63) is 35.8 Å². The molecule has 0 saturated carbocycles. The van der Waals surface area contributed by atoms with Gasteiger partial charge in [-0.3, -0.25) is 4.79 Å². The van der Waals surface area contributed by atoms with Gasteiger partial charge in [0.1, 0.15) is 5.82 Å². The Balaban J connectivity index is 1.44. The number of urea groups is 1. The van der Waals surface area contributed by atoms with Crippen LogP contribution in [0.4, 0.5) is 9.18 Å². The molecule has 1 fully saturated rings. The van der Waals surface area contributed by atoms with E-state index in [1.165, 1.54) is 12.1 Å². The minimum absolute atomic E-state index is 0.107. The first kappa shape index (κ1) is 17.3. The predicted molar refractivity (Wildman–Crippen MR) is 93.8 cm³/mol. The number of H-pyrrole nitrogens is 1. The molecule has 7 heteroatoms. The molecule has 0 radical (unpaired) electrons. The number of fused-ring (bicyclic) bond motifs is 1. The first-order valence-electron chi connectivity index (χ1n) is 8.60. The van der Waals surface area contributed by atoms with Crippen molar-refractivity contribution in [1.29, 1.82) is 0 Å². The van der Waals surface area contributed by atoms with Crippen molar-refractivity contribution in [1.82, 2.24) is 20.5 Å². The summed E-state index contributed by atoms with van der Waals surface area (Å²) in [4.78, 5) is 28.4. The van der Waals surface area contributed by atoms with Gasteiger partial charge in [-0.25, -0.2) is 9.18 Å². The Morgan fingerprint density at radius 2 is 2.28 bits per heavy atom. The molecule has 134 valence electrons. The molecule has 1 aliphatic rings. The molecule has 25 heavy (non-hydrogen) atoms. The lowest BCUT2D eigenvalue weighted by molar-refractivity contribution is -0.127. The minimum Gasteiger partial charge on any atom is -0.361 e. The average Bonchev–Trinajstić information content (AvgIpc) is 3.14. The molecule has 3 amide bonds. The molecular formula is C18H23FN4O2. The van der Waals surface area contributed by atoms with Gasteiger partial charge in [-0.05, 0) is 43.5 Å². The van der Waals surface area contributed by atoms with E-state index in [9.17, 15) is 14.0 Å². The molecule has 3 rings (SSSR count). The van der Waals surface area contributed by atoms with Gasteiger partial charge in [0.25, 0.3) is 0 Å². The summed E-state index contributed by atoms with van der Waals surface area (Å²) in [5.74, 6) is -0.120. The first-order valence-corrected chi connectivity index (χ1v) is 8.60. The molecule has 1 aliphatic heterocycles. The van der Waals surface area contributed by atoms with Gasteiger partial charge in [-0.15, -0.1) is 0 Å². The Kier molecular flexibility index (Phi) is 5.21. The van der Waals surface area contributed by atoms with E-state index in [0.717, 1.165) is 29.4 Å². The van der Waals surface area contributed by atoms with Crippen LogP contribution in [0.25, 0.3) is 10.9 Å². The number of nitrogens with one attached hydrogen (secondary N) is 3. The Morgan fingerprint density at radius 1 is 1.44 bits per heavy atom. The number of hydrogen-bond donors (Lipinski definition) is 3. The summed E-state index contributed by atoms with van der Waals surface area (Å²) in [6.45, 7) is 3.63. The van der Waals surface area contributed by atoms with Crippen LogP contribution in [-0.2, 0) is 11.2 Å². The lowest BCUT2D eigenvalue weighted by Crippen LogP contribution is -2.46. The van der Waals surface area contributed by atoms with Crippen molar-refractivity contribution >= 4 is 22.8 Å². The van der Waals surface area contributed by atoms with Crippen molar-refractivity contribution in [2.24, 2.45) is 0 Å². The summed E-state index contributed by atoms with van der Waals surface area (Å²) in [6, 6.07) is 4.25. The predicted octanol–water partition coefficient (Wildman–Crippen LogP) is 2.16. The molecule has 1 aromatic heterocycles. The largest absolute Gasteiger partial charge is 0.361 e. The van der Waals surface area contributed by atoms with E-state index in [4.69, 9.17) is 0 Å². The maximum absolute atomic E-state index is 13.4. The topological polar surface area (TPSA) is 77.2 Å². The number of benzene rings is 1. The quantitative estimate of drug-likeness (QED) is 0.750. The number of carbonyl (C=O) groups is 2. The molecule has 1 saturated heterocycles. The molecule has 1 unspecified atom stereocenters. The number of hydrogen-bond acceptors (Lipinski definition) is 2. The van der Waals surface area contributed by atoms with E-state index in [-0.39, 0.29) is 23.8 Å². The van der Waals surface area contributed by atoms with Crippen LogP contribution in [0.15, 0.2) is 24.4 Å².